The molecule has 1 fully saturated rings. The minimum atomic E-state index is -4.65. The fourth-order valence-corrected chi connectivity index (χ4v) is 2.87. The molecule has 0 radical (unpaired) electrons. The first-order valence-electron chi connectivity index (χ1n) is 8.65. The number of alkyl halides is 5. The first-order valence-corrected chi connectivity index (χ1v) is 8.65. The largest absolute Gasteiger partial charge is 0.445 e. The summed E-state index contributed by atoms with van der Waals surface area (Å²) in [6, 6.07) is 7.23. The molecule has 1 N–H and O–H groups in total. The molecule has 1 aliphatic rings. The van der Waals surface area contributed by atoms with Crippen LogP contribution < -0.4 is 5.32 Å². The SMILES string of the molecule is O=C(OCc1ccccc1)N1CCC(F)(F)[C@H]1CNc1cnc(C(F)(F)F)cn1. The molecule has 1 amide bonds. The van der Waals surface area contributed by atoms with Crippen LogP contribution in [0.15, 0.2) is 42.7 Å². The number of carbonyl (C=O) groups excluding carboxylic acids is 1. The van der Waals surface area contributed by atoms with Crippen molar-refractivity contribution >= 4 is 11.9 Å². The molecule has 0 bridgehead atoms. The standard InChI is InChI=1S/C18H17F5N4O2/c19-17(20)6-7-27(16(28)29-11-12-4-2-1-3-5-12)14(17)9-26-15-10-24-13(8-25-15)18(21,22)23/h1-5,8,10,14H,6-7,9,11H2,(H,25,26)/t14-/m1/s1. The van der Waals surface area contributed by atoms with Crippen molar-refractivity contribution in [1.82, 2.24) is 14.9 Å². The van der Waals surface area contributed by atoms with Gasteiger partial charge >= 0.3 is 12.3 Å². The summed E-state index contributed by atoms with van der Waals surface area (Å²) in [5.74, 6) is -3.30. The normalized spacial score (nSPS) is 18.5. The number of hydrogen-bond acceptors (Lipinski definition) is 5. The van der Waals surface area contributed by atoms with Crippen molar-refractivity contribution in [2.24, 2.45) is 0 Å². The Hall–Kier alpha value is -2.98. The van der Waals surface area contributed by atoms with Gasteiger partial charge in [-0.25, -0.2) is 23.5 Å². The summed E-state index contributed by atoms with van der Waals surface area (Å²) in [5.41, 5.74) is -0.484. The number of aromatic nitrogens is 2. The molecule has 6 nitrogen and oxygen atoms in total. The van der Waals surface area contributed by atoms with Crippen LogP contribution in [-0.4, -0.2) is 46.0 Å². The van der Waals surface area contributed by atoms with Gasteiger partial charge in [0.1, 0.15) is 18.5 Å². The second-order valence-electron chi connectivity index (χ2n) is 6.43. The Bertz CT molecular complexity index is 830. The minimum Gasteiger partial charge on any atom is -0.445 e. The highest BCUT2D eigenvalue weighted by molar-refractivity contribution is 5.69. The van der Waals surface area contributed by atoms with E-state index in [-0.39, 0.29) is 19.0 Å². The molecular formula is C18H17F5N4O2. The number of nitrogens with one attached hydrogen (secondary N) is 1. The number of anilines is 1. The molecule has 0 saturated carbocycles. The second kappa shape index (κ2) is 8.18. The smallest absolute Gasteiger partial charge is 0.434 e. The maximum atomic E-state index is 14.2. The van der Waals surface area contributed by atoms with Crippen molar-refractivity contribution < 1.29 is 31.5 Å². The van der Waals surface area contributed by atoms with Crippen LogP contribution in [0.5, 0.6) is 0 Å². The lowest BCUT2D eigenvalue weighted by atomic mass is 10.1. The Labute approximate surface area is 162 Å². The second-order valence-corrected chi connectivity index (χ2v) is 6.43. The lowest BCUT2D eigenvalue weighted by Crippen LogP contribution is -2.47. The monoisotopic (exact) mass is 416 g/mol. The van der Waals surface area contributed by atoms with E-state index in [0.717, 1.165) is 11.1 Å². The average Bonchev–Trinajstić information content (AvgIpc) is 2.99. The Morgan fingerprint density at radius 3 is 2.55 bits per heavy atom. The van der Waals surface area contributed by atoms with Gasteiger partial charge in [0.25, 0.3) is 5.92 Å². The molecule has 1 aliphatic heterocycles. The van der Waals surface area contributed by atoms with Crippen LogP contribution in [0, 0.1) is 0 Å². The van der Waals surface area contributed by atoms with Gasteiger partial charge < -0.3 is 10.1 Å². The zero-order chi connectivity index (χ0) is 21.1. The van der Waals surface area contributed by atoms with Gasteiger partial charge in [-0.3, -0.25) is 4.90 Å². The Morgan fingerprint density at radius 2 is 1.93 bits per heavy atom. The molecule has 156 valence electrons. The van der Waals surface area contributed by atoms with E-state index in [9.17, 15) is 26.7 Å². The molecule has 1 atom stereocenters. The zero-order valence-corrected chi connectivity index (χ0v) is 15.0. The fraction of sp³-hybridized carbons (Fsp3) is 0.389. The first-order chi connectivity index (χ1) is 13.7. The van der Waals surface area contributed by atoms with Crippen molar-refractivity contribution in [1.29, 1.82) is 0 Å². The van der Waals surface area contributed by atoms with E-state index in [1.54, 1.807) is 30.3 Å². The third-order valence-corrected chi connectivity index (χ3v) is 4.41. The Kier molecular flexibility index (Phi) is 5.85. The number of carbonyl (C=O) groups is 1. The number of halogens is 5. The Morgan fingerprint density at radius 1 is 1.21 bits per heavy atom. The zero-order valence-electron chi connectivity index (χ0n) is 15.0. The van der Waals surface area contributed by atoms with Crippen molar-refractivity contribution in [3.8, 4) is 0 Å². The molecule has 1 aromatic heterocycles. The Balaban J connectivity index is 1.61. The molecule has 11 heteroatoms. The van der Waals surface area contributed by atoms with Crippen molar-refractivity contribution in [2.45, 2.75) is 31.2 Å². The van der Waals surface area contributed by atoms with Crippen molar-refractivity contribution in [3.05, 3.63) is 54.0 Å². The number of rotatable bonds is 5. The molecule has 0 aliphatic carbocycles. The van der Waals surface area contributed by atoms with Gasteiger partial charge in [0.15, 0.2) is 5.69 Å². The third-order valence-electron chi connectivity index (χ3n) is 4.41. The number of amides is 1. The van der Waals surface area contributed by atoms with Crippen LogP contribution >= 0.6 is 0 Å². The van der Waals surface area contributed by atoms with Crippen LogP contribution in [0.25, 0.3) is 0 Å². The highest BCUT2D eigenvalue weighted by Gasteiger charge is 2.51. The highest BCUT2D eigenvalue weighted by Crippen LogP contribution is 2.34. The minimum absolute atomic E-state index is 0.0632. The summed E-state index contributed by atoms with van der Waals surface area (Å²) in [4.78, 5) is 19.9. The lowest BCUT2D eigenvalue weighted by Gasteiger charge is -2.27. The molecular weight excluding hydrogens is 399 g/mol. The summed E-state index contributed by atoms with van der Waals surface area (Å²) in [7, 11) is 0. The maximum Gasteiger partial charge on any atom is 0.434 e. The van der Waals surface area contributed by atoms with Gasteiger partial charge in [0, 0.05) is 19.5 Å². The van der Waals surface area contributed by atoms with Crippen LogP contribution in [0.3, 0.4) is 0 Å². The molecule has 1 aromatic carbocycles. The van der Waals surface area contributed by atoms with Crippen molar-refractivity contribution in [3.63, 3.8) is 0 Å². The van der Waals surface area contributed by atoms with Gasteiger partial charge in [-0.2, -0.15) is 13.2 Å². The van der Waals surface area contributed by atoms with E-state index in [4.69, 9.17) is 4.74 Å². The highest BCUT2D eigenvalue weighted by atomic mass is 19.4. The average molecular weight is 416 g/mol. The van der Waals surface area contributed by atoms with Crippen LogP contribution in [0.2, 0.25) is 0 Å². The molecule has 2 heterocycles. The van der Waals surface area contributed by atoms with Crippen LogP contribution in [0.1, 0.15) is 17.7 Å². The maximum absolute atomic E-state index is 14.2. The lowest BCUT2D eigenvalue weighted by molar-refractivity contribution is -0.141. The fourth-order valence-electron chi connectivity index (χ4n) is 2.87. The summed E-state index contributed by atoms with van der Waals surface area (Å²) >= 11 is 0. The van der Waals surface area contributed by atoms with E-state index in [1.807, 2.05) is 0 Å². The molecule has 0 spiro atoms. The van der Waals surface area contributed by atoms with Crippen LogP contribution in [0.4, 0.5) is 32.6 Å². The van der Waals surface area contributed by atoms with Crippen LogP contribution in [-0.2, 0) is 17.5 Å². The summed E-state index contributed by atoms with van der Waals surface area (Å²) in [5, 5.41) is 2.51. The predicted octanol–water partition coefficient (Wildman–Crippen LogP) is 3.95. The topological polar surface area (TPSA) is 67.3 Å². The van der Waals surface area contributed by atoms with Gasteiger partial charge in [0.05, 0.1) is 12.4 Å². The van der Waals surface area contributed by atoms with Gasteiger partial charge in [-0.1, -0.05) is 30.3 Å². The summed E-state index contributed by atoms with van der Waals surface area (Å²) in [6.07, 6.45) is -4.78. The van der Waals surface area contributed by atoms with E-state index >= 15 is 0 Å². The summed E-state index contributed by atoms with van der Waals surface area (Å²) in [6.45, 7) is -0.689. The van der Waals surface area contributed by atoms with E-state index in [2.05, 4.69) is 15.3 Å². The molecule has 29 heavy (non-hydrogen) atoms. The molecule has 0 unspecified atom stereocenters. The van der Waals surface area contributed by atoms with Gasteiger partial charge in [-0.15, -0.1) is 0 Å². The number of hydrogen-bond donors (Lipinski definition) is 1. The van der Waals surface area contributed by atoms with Gasteiger partial charge in [0.2, 0.25) is 0 Å². The van der Waals surface area contributed by atoms with Gasteiger partial charge in [-0.05, 0) is 5.56 Å². The number of benzene rings is 1. The van der Waals surface area contributed by atoms with Crippen molar-refractivity contribution in [2.75, 3.05) is 18.4 Å². The quantitative estimate of drug-likeness (QED) is 0.748. The number of likely N-dealkylation sites (tertiary alicyclic amines) is 1. The number of ether oxygens (including phenoxy) is 1. The van der Waals surface area contributed by atoms with E-state index < -0.39 is 42.9 Å². The first kappa shape index (κ1) is 20.7. The van der Waals surface area contributed by atoms with E-state index in [0.29, 0.717) is 11.8 Å². The molecule has 1 saturated heterocycles. The summed E-state index contributed by atoms with van der Waals surface area (Å²) < 4.78 is 71.1. The predicted molar refractivity (Wildman–Crippen MR) is 92.2 cm³/mol. The third kappa shape index (κ3) is 5.09. The number of nitrogens with zero attached hydrogens (tertiary/aromatic N) is 3. The molecule has 2 aromatic rings. The molecule has 3 rings (SSSR count). The van der Waals surface area contributed by atoms with E-state index in [1.165, 1.54) is 0 Å².